The standard InChI is InChI=1S/C19H24Cl2N6O3/c20-14-2-1-12(7-15(14)21)9-24-19-25-16(8-22)17(18(29)26-19)23-10-13(11-28)27-3-5-30-6-4-27/h1-2,7-8,13,22-23,28H,3-6,9-11H2,(H2,24,25,26,29). The fraction of sp³-hybridized carbons (Fsp3) is 0.421. The monoisotopic (exact) mass is 454 g/mol. The zero-order valence-electron chi connectivity index (χ0n) is 16.3. The van der Waals surface area contributed by atoms with Crippen molar-refractivity contribution in [2.24, 2.45) is 0 Å². The summed E-state index contributed by atoms with van der Waals surface area (Å²) in [6.07, 6.45) is 1.02. The van der Waals surface area contributed by atoms with E-state index in [0.717, 1.165) is 24.9 Å². The number of nitrogens with zero attached hydrogens (tertiary/aromatic N) is 2. The highest BCUT2D eigenvalue weighted by molar-refractivity contribution is 6.42. The highest BCUT2D eigenvalue weighted by atomic mass is 35.5. The molecule has 11 heteroatoms. The van der Waals surface area contributed by atoms with Crippen molar-refractivity contribution in [1.29, 1.82) is 5.41 Å². The van der Waals surface area contributed by atoms with Crippen molar-refractivity contribution in [1.82, 2.24) is 14.9 Å². The molecule has 1 atom stereocenters. The first-order chi connectivity index (χ1) is 14.5. The number of hydrogen-bond acceptors (Lipinski definition) is 8. The number of benzene rings is 1. The van der Waals surface area contributed by atoms with Crippen molar-refractivity contribution in [3.63, 3.8) is 0 Å². The van der Waals surface area contributed by atoms with E-state index in [4.69, 9.17) is 33.3 Å². The summed E-state index contributed by atoms with van der Waals surface area (Å²) in [4.78, 5) is 21.6. The van der Waals surface area contributed by atoms with Gasteiger partial charge in [-0.1, -0.05) is 29.3 Å². The molecule has 1 fully saturated rings. The van der Waals surface area contributed by atoms with Gasteiger partial charge in [-0.25, -0.2) is 4.98 Å². The van der Waals surface area contributed by atoms with Crippen LogP contribution in [0.4, 0.5) is 11.6 Å². The van der Waals surface area contributed by atoms with Crippen LogP contribution in [0, 0.1) is 5.41 Å². The van der Waals surface area contributed by atoms with Gasteiger partial charge in [0.05, 0.1) is 35.9 Å². The van der Waals surface area contributed by atoms with E-state index in [1.807, 2.05) is 6.07 Å². The van der Waals surface area contributed by atoms with Gasteiger partial charge in [0.1, 0.15) is 11.4 Å². The summed E-state index contributed by atoms with van der Waals surface area (Å²) >= 11 is 11.9. The molecule has 0 aliphatic carbocycles. The first-order valence-corrected chi connectivity index (χ1v) is 10.3. The van der Waals surface area contributed by atoms with E-state index in [0.29, 0.717) is 36.3 Å². The maximum atomic E-state index is 12.6. The number of aromatic nitrogens is 2. The van der Waals surface area contributed by atoms with E-state index in [-0.39, 0.29) is 30.0 Å². The molecule has 1 unspecified atom stereocenters. The Hall–Kier alpha value is -2.17. The van der Waals surface area contributed by atoms with E-state index >= 15 is 0 Å². The molecule has 0 amide bonds. The summed E-state index contributed by atoms with van der Waals surface area (Å²) in [5.41, 5.74) is 0.853. The minimum Gasteiger partial charge on any atom is -0.395 e. The number of halogens is 2. The Kier molecular flexibility index (Phi) is 8.06. The smallest absolute Gasteiger partial charge is 0.276 e. The van der Waals surface area contributed by atoms with Crippen LogP contribution >= 0.6 is 23.2 Å². The molecule has 5 N–H and O–H groups in total. The molecule has 162 valence electrons. The Balaban J connectivity index is 1.67. The maximum Gasteiger partial charge on any atom is 0.276 e. The molecule has 2 aromatic rings. The van der Waals surface area contributed by atoms with Crippen LogP contribution in [0.5, 0.6) is 0 Å². The van der Waals surface area contributed by atoms with Crippen molar-refractivity contribution < 1.29 is 9.84 Å². The molecule has 3 rings (SSSR count). The van der Waals surface area contributed by atoms with Crippen LogP contribution in [-0.2, 0) is 11.3 Å². The molecular formula is C19H24Cl2N6O3. The van der Waals surface area contributed by atoms with E-state index < -0.39 is 5.56 Å². The summed E-state index contributed by atoms with van der Waals surface area (Å²) in [5.74, 6) is 0.238. The SMILES string of the molecule is N=Cc1nc(NCc2ccc(Cl)c(Cl)c2)[nH]c(=O)c1NCC(CO)N1CCOCC1. The van der Waals surface area contributed by atoms with Gasteiger partial charge >= 0.3 is 0 Å². The molecule has 1 aliphatic rings. The van der Waals surface area contributed by atoms with Crippen molar-refractivity contribution in [2.75, 3.05) is 50.1 Å². The summed E-state index contributed by atoms with van der Waals surface area (Å²) < 4.78 is 5.33. The van der Waals surface area contributed by atoms with Crippen LogP contribution < -0.4 is 16.2 Å². The summed E-state index contributed by atoms with van der Waals surface area (Å²) in [7, 11) is 0. The highest BCUT2D eigenvalue weighted by Crippen LogP contribution is 2.22. The van der Waals surface area contributed by atoms with Crippen LogP contribution in [0.1, 0.15) is 11.3 Å². The normalized spacial score (nSPS) is 15.6. The number of H-pyrrole nitrogens is 1. The largest absolute Gasteiger partial charge is 0.395 e. The molecule has 1 saturated heterocycles. The third-order valence-electron chi connectivity index (χ3n) is 4.82. The molecule has 0 bridgehead atoms. The van der Waals surface area contributed by atoms with Crippen LogP contribution in [0.15, 0.2) is 23.0 Å². The average molecular weight is 455 g/mol. The molecule has 2 heterocycles. The van der Waals surface area contributed by atoms with Crippen LogP contribution in [-0.4, -0.2) is 71.7 Å². The number of morpholine rings is 1. The molecule has 1 aromatic heterocycles. The zero-order valence-corrected chi connectivity index (χ0v) is 17.8. The Morgan fingerprint density at radius 1 is 1.30 bits per heavy atom. The summed E-state index contributed by atoms with van der Waals surface area (Å²) in [5, 5.41) is 24.3. The van der Waals surface area contributed by atoms with E-state index in [9.17, 15) is 9.90 Å². The minimum absolute atomic E-state index is 0.0540. The predicted octanol–water partition coefficient (Wildman–Crippen LogP) is 1.79. The van der Waals surface area contributed by atoms with E-state index in [1.165, 1.54) is 0 Å². The summed E-state index contributed by atoms with van der Waals surface area (Å²) in [6, 6.07) is 5.06. The third kappa shape index (κ3) is 5.71. The predicted molar refractivity (Wildman–Crippen MR) is 118 cm³/mol. The lowest BCUT2D eigenvalue weighted by molar-refractivity contribution is 0.00659. The molecule has 1 aromatic carbocycles. The third-order valence-corrected chi connectivity index (χ3v) is 5.55. The van der Waals surface area contributed by atoms with Gasteiger partial charge in [0.2, 0.25) is 5.95 Å². The number of aliphatic hydroxyl groups is 1. The number of ether oxygens (including phenoxy) is 1. The first kappa shape index (κ1) is 22.5. The van der Waals surface area contributed by atoms with Crippen LogP contribution in [0.2, 0.25) is 10.0 Å². The second kappa shape index (κ2) is 10.7. The van der Waals surface area contributed by atoms with E-state index in [1.54, 1.807) is 12.1 Å². The number of nitrogens with one attached hydrogen (secondary N) is 4. The zero-order chi connectivity index (χ0) is 21.5. The Morgan fingerprint density at radius 2 is 2.07 bits per heavy atom. The van der Waals surface area contributed by atoms with Gasteiger partial charge in [-0.3, -0.25) is 14.7 Å². The molecule has 9 nitrogen and oxygen atoms in total. The maximum absolute atomic E-state index is 12.6. The second-order valence-corrected chi connectivity index (χ2v) is 7.60. The molecule has 30 heavy (non-hydrogen) atoms. The van der Waals surface area contributed by atoms with Gasteiger partial charge < -0.3 is 25.9 Å². The Bertz CT molecular complexity index is 933. The van der Waals surface area contributed by atoms with Crippen molar-refractivity contribution >= 4 is 41.1 Å². The highest BCUT2D eigenvalue weighted by Gasteiger charge is 2.21. The quantitative estimate of drug-likeness (QED) is 0.365. The van der Waals surface area contributed by atoms with Gasteiger partial charge in [0, 0.05) is 32.4 Å². The summed E-state index contributed by atoms with van der Waals surface area (Å²) in [6.45, 7) is 3.33. The van der Waals surface area contributed by atoms with Gasteiger partial charge in [-0.15, -0.1) is 0 Å². The van der Waals surface area contributed by atoms with Gasteiger partial charge in [-0.05, 0) is 17.7 Å². The number of aliphatic hydroxyl groups excluding tert-OH is 1. The van der Waals surface area contributed by atoms with Gasteiger partial charge in [0.25, 0.3) is 5.56 Å². The number of hydrogen-bond donors (Lipinski definition) is 5. The molecule has 0 spiro atoms. The van der Waals surface area contributed by atoms with Crippen molar-refractivity contribution in [3.05, 3.63) is 49.9 Å². The average Bonchev–Trinajstić information content (AvgIpc) is 2.76. The molecule has 0 radical (unpaired) electrons. The molecule has 1 aliphatic heterocycles. The van der Waals surface area contributed by atoms with Gasteiger partial charge in [0.15, 0.2) is 0 Å². The van der Waals surface area contributed by atoms with Crippen LogP contribution in [0.25, 0.3) is 0 Å². The van der Waals surface area contributed by atoms with Crippen molar-refractivity contribution in [3.8, 4) is 0 Å². The fourth-order valence-corrected chi connectivity index (χ4v) is 3.48. The van der Waals surface area contributed by atoms with Crippen LogP contribution in [0.3, 0.4) is 0 Å². The number of anilines is 2. The van der Waals surface area contributed by atoms with Gasteiger partial charge in [-0.2, -0.15) is 0 Å². The number of aromatic amines is 1. The minimum atomic E-state index is -0.404. The Labute approximate surface area is 183 Å². The van der Waals surface area contributed by atoms with E-state index in [2.05, 4.69) is 25.5 Å². The lowest BCUT2D eigenvalue weighted by Crippen LogP contribution is -2.48. The first-order valence-electron chi connectivity index (χ1n) is 9.51. The fourth-order valence-electron chi connectivity index (χ4n) is 3.16. The Morgan fingerprint density at radius 3 is 2.73 bits per heavy atom. The molecule has 0 saturated carbocycles. The lowest BCUT2D eigenvalue weighted by Gasteiger charge is -2.33. The number of rotatable bonds is 9. The van der Waals surface area contributed by atoms with Crippen molar-refractivity contribution in [2.45, 2.75) is 12.6 Å². The molecular weight excluding hydrogens is 431 g/mol. The lowest BCUT2D eigenvalue weighted by atomic mass is 10.2. The topological polar surface area (TPSA) is 126 Å². The second-order valence-electron chi connectivity index (χ2n) is 6.79.